The fourth-order valence-electron chi connectivity index (χ4n) is 2.09. The minimum absolute atomic E-state index is 0. The van der Waals surface area contributed by atoms with Gasteiger partial charge in [0.1, 0.15) is 0 Å². The number of thioether (sulfide) groups is 1. The van der Waals surface area contributed by atoms with E-state index in [0.29, 0.717) is 12.5 Å². The predicted molar refractivity (Wildman–Crippen MR) is 73.9 cm³/mol. The number of nitrogens with two attached hydrogens (primary N) is 1. The molecule has 1 unspecified atom stereocenters. The molecule has 5 heteroatoms. The van der Waals surface area contributed by atoms with E-state index in [0.717, 1.165) is 23.7 Å². The molecule has 0 radical (unpaired) electrons. The Labute approximate surface area is 112 Å². The van der Waals surface area contributed by atoms with Crippen LogP contribution in [0.5, 0.6) is 11.5 Å². The van der Waals surface area contributed by atoms with Gasteiger partial charge in [-0.1, -0.05) is 6.07 Å². The number of rotatable bonds is 3. The number of halogens is 1. The third-order valence-corrected chi connectivity index (χ3v) is 4.12. The molecule has 2 N–H and O–H groups in total. The van der Waals surface area contributed by atoms with Crippen molar-refractivity contribution in [1.82, 2.24) is 0 Å². The van der Waals surface area contributed by atoms with E-state index in [2.05, 4.69) is 6.07 Å². The molecule has 1 aliphatic heterocycles. The number of methoxy groups -OCH3 is 2. The summed E-state index contributed by atoms with van der Waals surface area (Å²) < 4.78 is 10.7. The third-order valence-electron chi connectivity index (χ3n) is 2.97. The number of fused-ring (bicyclic) bond motifs is 1. The highest BCUT2D eigenvalue weighted by Gasteiger charge is 2.24. The Morgan fingerprint density at radius 2 is 2.12 bits per heavy atom. The van der Waals surface area contributed by atoms with Crippen molar-refractivity contribution in [3.8, 4) is 11.5 Å². The largest absolute Gasteiger partial charge is 0.493 e. The molecule has 96 valence electrons. The van der Waals surface area contributed by atoms with Gasteiger partial charge in [-0.15, -0.1) is 24.2 Å². The molecule has 1 heterocycles. The number of ether oxygens (including phenoxy) is 2. The highest BCUT2D eigenvalue weighted by molar-refractivity contribution is 7.99. The second-order valence-electron chi connectivity index (χ2n) is 3.79. The summed E-state index contributed by atoms with van der Waals surface area (Å²) in [5.41, 5.74) is 7.10. The van der Waals surface area contributed by atoms with Crippen molar-refractivity contribution in [2.75, 3.05) is 26.5 Å². The highest BCUT2D eigenvalue weighted by Crippen LogP contribution is 2.46. The Balaban J connectivity index is 0.00000144. The lowest BCUT2D eigenvalue weighted by Crippen LogP contribution is -2.17. The van der Waals surface area contributed by atoms with Gasteiger partial charge in [0.25, 0.3) is 0 Å². The van der Waals surface area contributed by atoms with E-state index in [1.807, 2.05) is 17.8 Å². The van der Waals surface area contributed by atoms with Gasteiger partial charge in [0.2, 0.25) is 0 Å². The summed E-state index contributed by atoms with van der Waals surface area (Å²) in [6.45, 7) is 0.697. The Bertz CT molecular complexity index is 387. The second-order valence-corrected chi connectivity index (χ2v) is 4.89. The van der Waals surface area contributed by atoms with Crippen LogP contribution in [0, 0.1) is 0 Å². The minimum atomic E-state index is 0. The van der Waals surface area contributed by atoms with Crippen molar-refractivity contribution >= 4 is 24.2 Å². The van der Waals surface area contributed by atoms with Crippen LogP contribution in [-0.2, 0) is 0 Å². The first-order chi connectivity index (χ1) is 7.81. The van der Waals surface area contributed by atoms with Gasteiger partial charge in [-0.2, -0.15) is 0 Å². The van der Waals surface area contributed by atoms with E-state index < -0.39 is 0 Å². The molecule has 0 aromatic heterocycles. The van der Waals surface area contributed by atoms with E-state index in [-0.39, 0.29) is 12.4 Å². The molecule has 0 bridgehead atoms. The molecule has 1 aliphatic rings. The molecule has 0 aliphatic carbocycles. The fourth-order valence-corrected chi connectivity index (χ4v) is 3.41. The van der Waals surface area contributed by atoms with Crippen LogP contribution < -0.4 is 15.2 Å². The van der Waals surface area contributed by atoms with Gasteiger partial charge >= 0.3 is 0 Å². The van der Waals surface area contributed by atoms with Gasteiger partial charge in [-0.25, -0.2) is 0 Å². The summed E-state index contributed by atoms with van der Waals surface area (Å²) in [6, 6.07) is 4.08. The molecule has 17 heavy (non-hydrogen) atoms. The van der Waals surface area contributed by atoms with E-state index in [1.54, 1.807) is 14.2 Å². The number of hydrogen-bond acceptors (Lipinski definition) is 4. The van der Waals surface area contributed by atoms with Crippen LogP contribution in [0.25, 0.3) is 0 Å². The Kier molecular flexibility index (Phi) is 5.43. The maximum atomic E-state index is 5.80. The van der Waals surface area contributed by atoms with Gasteiger partial charge in [-0.05, 0) is 36.3 Å². The zero-order valence-corrected chi connectivity index (χ0v) is 11.7. The van der Waals surface area contributed by atoms with Gasteiger partial charge in [0.15, 0.2) is 11.5 Å². The first kappa shape index (κ1) is 14.5. The molecule has 1 aromatic carbocycles. The lowest BCUT2D eigenvalue weighted by molar-refractivity contribution is 0.346. The molecule has 0 spiro atoms. The Morgan fingerprint density at radius 3 is 2.71 bits per heavy atom. The summed E-state index contributed by atoms with van der Waals surface area (Å²) in [5, 5.41) is 0. The summed E-state index contributed by atoms with van der Waals surface area (Å²) >= 11 is 1.83. The molecule has 0 saturated carbocycles. The van der Waals surface area contributed by atoms with Crippen LogP contribution in [0.1, 0.15) is 17.9 Å². The second kappa shape index (κ2) is 6.38. The Morgan fingerprint density at radius 1 is 1.35 bits per heavy atom. The van der Waals surface area contributed by atoms with Gasteiger partial charge in [0.05, 0.1) is 19.1 Å². The third kappa shape index (κ3) is 2.64. The maximum Gasteiger partial charge on any atom is 0.174 e. The first-order valence-corrected chi connectivity index (χ1v) is 6.38. The SMILES string of the molecule is COc1ccc2c(c1OC)SCCC2CN.Cl. The number of hydrogen-bond donors (Lipinski definition) is 1. The summed E-state index contributed by atoms with van der Waals surface area (Å²) in [7, 11) is 3.35. The lowest BCUT2D eigenvalue weighted by Gasteiger charge is -2.26. The lowest BCUT2D eigenvalue weighted by atomic mass is 9.95. The zero-order valence-electron chi connectivity index (χ0n) is 10.1. The topological polar surface area (TPSA) is 44.5 Å². The van der Waals surface area contributed by atoms with Crippen LogP contribution in [0.4, 0.5) is 0 Å². The standard InChI is InChI=1S/C12H17NO2S.ClH/c1-14-10-4-3-9-8(7-13)5-6-16-12(9)11(10)15-2;/h3-4,8H,5-7,13H2,1-2H3;1H. The monoisotopic (exact) mass is 275 g/mol. The molecular weight excluding hydrogens is 258 g/mol. The molecule has 0 fully saturated rings. The molecule has 0 amide bonds. The van der Waals surface area contributed by atoms with Crippen molar-refractivity contribution in [3.63, 3.8) is 0 Å². The summed E-state index contributed by atoms with van der Waals surface area (Å²) in [4.78, 5) is 1.20. The van der Waals surface area contributed by atoms with E-state index >= 15 is 0 Å². The van der Waals surface area contributed by atoms with Crippen LogP contribution in [0.3, 0.4) is 0 Å². The normalized spacial score (nSPS) is 17.9. The maximum absolute atomic E-state index is 5.80. The van der Waals surface area contributed by atoms with Crippen LogP contribution in [-0.4, -0.2) is 26.5 Å². The van der Waals surface area contributed by atoms with E-state index in [1.165, 1.54) is 10.5 Å². The molecule has 2 rings (SSSR count). The smallest absolute Gasteiger partial charge is 0.174 e. The highest BCUT2D eigenvalue weighted by atomic mass is 35.5. The summed E-state index contributed by atoms with van der Waals surface area (Å²) in [5.74, 6) is 3.20. The zero-order chi connectivity index (χ0) is 11.5. The molecule has 0 saturated heterocycles. The van der Waals surface area contributed by atoms with Crippen molar-refractivity contribution < 1.29 is 9.47 Å². The van der Waals surface area contributed by atoms with Crippen LogP contribution in [0.2, 0.25) is 0 Å². The molecular formula is C12H18ClNO2S. The average Bonchev–Trinajstić information content (AvgIpc) is 2.36. The van der Waals surface area contributed by atoms with Crippen molar-refractivity contribution in [2.45, 2.75) is 17.2 Å². The van der Waals surface area contributed by atoms with Crippen LogP contribution in [0.15, 0.2) is 17.0 Å². The quantitative estimate of drug-likeness (QED) is 0.921. The van der Waals surface area contributed by atoms with Crippen molar-refractivity contribution in [3.05, 3.63) is 17.7 Å². The first-order valence-electron chi connectivity index (χ1n) is 5.39. The minimum Gasteiger partial charge on any atom is -0.493 e. The summed E-state index contributed by atoms with van der Waals surface area (Å²) in [6.07, 6.45) is 1.14. The predicted octanol–water partition coefficient (Wildman–Crippen LogP) is 2.66. The van der Waals surface area contributed by atoms with E-state index in [9.17, 15) is 0 Å². The van der Waals surface area contributed by atoms with Gasteiger partial charge < -0.3 is 15.2 Å². The molecule has 1 aromatic rings. The fraction of sp³-hybridized carbons (Fsp3) is 0.500. The average molecular weight is 276 g/mol. The van der Waals surface area contributed by atoms with Crippen molar-refractivity contribution in [1.29, 1.82) is 0 Å². The van der Waals surface area contributed by atoms with Crippen molar-refractivity contribution in [2.24, 2.45) is 5.73 Å². The molecule has 1 atom stereocenters. The Hall–Kier alpha value is -0.580. The molecule has 3 nitrogen and oxygen atoms in total. The van der Waals surface area contributed by atoms with E-state index in [4.69, 9.17) is 15.2 Å². The van der Waals surface area contributed by atoms with Gasteiger partial charge in [0, 0.05) is 0 Å². The number of benzene rings is 1. The van der Waals surface area contributed by atoms with Gasteiger partial charge in [-0.3, -0.25) is 0 Å². The van der Waals surface area contributed by atoms with Crippen LogP contribution >= 0.6 is 24.2 Å².